The van der Waals surface area contributed by atoms with Gasteiger partial charge in [0.05, 0.1) is 58.3 Å². The summed E-state index contributed by atoms with van der Waals surface area (Å²) in [7, 11) is 8.39. The molecule has 4 heterocycles. The number of aromatic nitrogens is 4. The van der Waals surface area contributed by atoms with Crippen LogP contribution in [0.5, 0.6) is 23.0 Å². The van der Waals surface area contributed by atoms with Crippen LogP contribution in [0.2, 0.25) is 0 Å². The zero-order chi connectivity index (χ0) is 48.2. The lowest BCUT2D eigenvalue weighted by Crippen LogP contribution is -2.31. The number of nitrogens with one attached hydrogen (secondary N) is 2. The Morgan fingerprint density at radius 2 is 1.10 bits per heavy atom. The molecule has 2 amide bonds. The van der Waals surface area contributed by atoms with Gasteiger partial charge in [-0.3, -0.25) is 29.4 Å². The van der Waals surface area contributed by atoms with E-state index >= 15 is 0 Å². The predicted molar refractivity (Wildman–Crippen MR) is 258 cm³/mol. The first-order valence-electron chi connectivity index (χ1n) is 22.9. The molecule has 68 heavy (non-hydrogen) atoms. The Labute approximate surface area is 397 Å². The number of Topliss-reactive ketones (excluding diaryl/α,β-unsaturated/α-hetero) is 2. The maximum atomic E-state index is 13.2. The summed E-state index contributed by atoms with van der Waals surface area (Å²) in [6.07, 6.45) is 10.7. The number of hydrogen-bond acceptors (Lipinski definition) is 11. The van der Waals surface area contributed by atoms with E-state index in [0.717, 1.165) is 75.4 Å². The first-order valence-corrected chi connectivity index (χ1v) is 22.9. The molecule has 4 aromatic carbocycles. The molecule has 2 aliphatic heterocycles. The van der Waals surface area contributed by atoms with E-state index in [0.29, 0.717) is 61.8 Å². The minimum Gasteiger partial charge on any atom is -0.496 e. The molecule has 0 aliphatic carbocycles. The van der Waals surface area contributed by atoms with E-state index in [1.807, 2.05) is 80.1 Å². The van der Waals surface area contributed by atoms with Crippen molar-refractivity contribution in [2.45, 2.75) is 45.4 Å². The van der Waals surface area contributed by atoms with Gasteiger partial charge in [0.1, 0.15) is 34.6 Å². The lowest BCUT2D eigenvalue weighted by Gasteiger charge is -2.25. The predicted octanol–water partition coefficient (Wildman–Crippen LogP) is 7.49. The quantitative estimate of drug-likeness (QED) is 0.0873. The molecule has 8 rings (SSSR count). The van der Waals surface area contributed by atoms with Crippen LogP contribution in [0.25, 0.3) is 22.3 Å². The standard InChI is InChI=1S/C27H31N3O4.C26H29N3O5/c1-4-5-10-30(2)27(32)20-8-9-25-21(11-20)12-22(17-34-25)24(31)13-19-7-6-18(14-26(19)33-3)23-15-28-29-16-23;1-29(8-9-32-2)26(31)19-6-7-24-20(10-19)11-21(16-34-24)23(30)12-18-5-4-17(13-25(18)33-3)22-14-27-28-15-22/h6-9,11,14-16,22H,4-5,10,12-13,17H2,1-3H3,(H,28,29);4-7,10,13-15,21H,8-9,11-12,16H2,1-3H3,(H,27,28). The highest BCUT2D eigenvalue weighted by Gasteiger charge is 2.29. The highest BCUT2D eigenvalue weighted by molar-refractivity contribution is 5.95. The summed E-state index contributed by atoms with van der Waals surface area (Å²) in [5.41, 5.74) is 8.49. The fourth-order valence-electron chi connectivity index (χ4n) is 8.36. The Morgan fingerprint density at radius 3 is 1.51 bits per heavy atom. The highest BCUT2D eigenvalue weighted by Crippen LogP contribution is 2.34. The largest absolute Gasteiger partial charge is 0.496 e. The minimum absolute atomic E-state index is 0.00727. The Kier molecular flexibility index (Phi) is 16.4. The number of carbonyl (C=O) groups is 4. The number of likely N-dealkylation sites (N-methyl/N-ethyl adjacent to an activating group) is 1. The normalized spacial score (nSPS) is 14.7. The third-order valence-electron chi connectivity index (χ3n) is 12.5. The van der Waals surface area contributed by atoms with Crippen molar-refractivity contribution < 1.29 is 42.9 Å². The number of nitrogens with zero attached hydrogens (tertiary/aromatic N) is 4. The summed E-state index contributed by atoms with van der Waals surface area (Å²) in [4.78, 5) is 55.2. The lowest BCUT2D eigenvalue weighted by molar-refractivity contribution is -0.124. The van der Waals surface area contributed by atoms with Crippen LogP contribution >= 0.6 is 0 Å². The molecule has 2 aliphatic rings. The van der Waals surface area contributed by atoms with E-state index in [9.17, 15) is 19.2 Å². The molecule has 2 N–H and O–H groups in total. The Morgan fingerprint density at radius 1 is 0.632 bits per heavy atom. The second kappa shape index (κ2) is 23.0. The molecule has 356 valence electrons. The summed E-state index contributed by atoms with van der Waals surface area (Å²) in [5.74, 6) is 2.33. The van der Waals surface area contributed by atoms with E-state index in [1.54, 1.807) is 62.7 Å². The summed E-state index contributed by atoms with van der Waals surface area (Å²) in [6.45, 7) is 4.47. The van der Waals surface area contributed by atoms with Crippen molar-refractivity contribution in [1.82, 2.24) is 30.2 Å². The fourth-order valence-corrected chi connectivity index (χ4v) is 8.36. The van der Waals surface area contributed by atoms with Crippen molar-refractivity contribution in [3.8, 4) is 45.3 Å². The van der Waals surface area contributed by atoms with Crippen LogP contribution < -0.4 is 18.9 Å². The van der Waals surface area contributed by atoms with E-state index in [4.69, 9.17) is 23.7 Å². The van der Waals surface area contributed by atoms with Crippen LogP contribution in [0, 0.1) is 11.8 Å². The van der Waals surface area contributed by atoms with E-state index in [-0.39, 0.29) is 48.1 Å². The van der Waals surface area contributed by atoms with Crippen LogP contribution in [-0.2, 0) is 40.0 Å². The average Bonchev–Trinajstić information content (AvgIpc) is 4.13. The topological polar surface area (TPSA) is 178 Å². The number of unbranched alkanes of at least 4 members (excludes halogenated alkanes) is 1. The zero-order valence-electron chi connectivity index (χ0n) is 39.6. The number of ketones is 2. The molecule has 6 aromatic rings. The molecule has 15 nitrogen and oxygen atoms in total. The Balaban J connectivity index is 0.000000201. The van der Waals surface area contributed by atoms with Crippen molar-refractivity contribution in [3.05, 3.63) is 131 Å². The average molecular weight is 925 g/mol. The monoisotopic (exact) mass is 924 g/mol. The molecular formula is C53H60N6O9. The SMILES string of the molecule is CCCCN(C)C(=O)c1ccc2c(c1)CC(C(=O)Cc1ccc(-c3cn[nH]c3)cc1OC)CO2.COCCN(C)C(=O)c1ccc2c(c1)CC(C(=O)Cc1ccc(-c3cn[nH]c3)cc1OC)CO2. The van der Waals surface area contributed by atoms with Gasteiger partial charge in [-0.1, -0.05) is 37.6 Å². The molecule has 0 bridgehead atoms. The van der Waals surface area contributed by atoms with E-state index in [2.05, 4.69) is 27.3 Å². The number of carbonyl (C=O) groups excluding carboxylic acids is 4. The number of ether oxygens (including phenoxy) is 5. The third kappa shape index (κ3) is 11.8. The summed E-state index contributed by atoms with van der Waals surface area (Å²) >= 11 is 0. The molecule has 0 saturated heterocycles. The zero-order valence-corrected chi connectivity index (χ0v) is 39.6. The number of H-pyrrole nitrogens is 2. The number of fused-ring (bicyclic) bond motifs is 2. The fraction of sp³-hybridized carbons (Fsp3) is 0.358. The lowest BCUT2D eigenvalue weighted by atomic mass is 9.89. The van der Waals surface area contributed by atoms with Crippen LogP contribution in [0.3, 0.4) is 0 Å². The van der Waals surface area contributed by atoms with Gasteiger partial charge in [-0.05, 0) is 90.0 Å². The molecule has 2 unspecified atom stereocenters. The third-order valence-corrected chi connectivity index (χ3v) is 12.5. The number of hydrogen-bond donors (Lipinski definition) is 2. The Hall–Kier alpha value is -7.26. The smallest absolute Gasteiger partial charge is 0.253 e. The number of rotatable bonds is 18. The maximum Gasteiger partial charge on any atom is 0.253 e. The van der Waals surface area contributed by atoms with Gasteiger partial charge in [-0.25, -0.2) is 0 Å². The van der Waals surface area contributed by atoms with Crippen molar-refractivity contribution in [3.63, 3.8) is 0 Å². The van der Waals surface area contributed by atoms with Gasteiger partial charge < -0.3 is 33.5 Å². The Bertz CT molecular complexity index is 2500. The molecule has 2 atom stereocenters. The number of amides is 2. The molecule has 15 heteroatoms. The van der Waals surface area contributed by atoms with Crippen LogP contribution in [0.15, 0.2) is 97.6 Å². The van der Waals surface area contributed by atoms with Gasteiger partial charge in [0.25, 0.3) is 11.8 Å². The van der Waals surface area contributed by atoms with Crippen molar-refractivity contribution in [1.29, 1.82) is 0 Å². The molecule has 0 fully saturated rings. The maximum absolute atomic E-state index is 13.2. The van der Waals surface area contributed by atoms with Crippen molar-refractivity contribution in [2.75, 3.05) is 68.3 Å². The second-order valence-corrected chi connectivity index (χ2v) is 17.2. The minimum atomic E-state index is -0.290. The van der Waals surface area contributed by atoms with E-state index < -0.39 is 0 Å². The first-order chi connectivity index (χ1) is 33.0. The van der Waals surface area contributed by atoms with Gasteiger partial charge in [0.2, 0.25) is 0 Å². The molecular weight excluding hydrogens is 865 g/mol. The van der Waals surface area contributed by atoms with Crippen LogP contribution in [0.4, 0.5) is 0 Å². The van der Waals surface area contributed by atoms with Gasteiger partial charge in [-0.15, -0.1) is 0 Å². The van der Waals surface area contributed by atoms with Crippen LogP contribution in [0.1, 0.15) is 62.7 Å². The first kappa shape index (κ1) is 48.7. The van der Waals surface area contributed by atoms with Crippen molar-refractivity contribution >= 4 is 23.4 Å². The molecule has 0 radical (unpaired) electrons. The number of methoxy groups -OCH3 is 3. The van der Waals surface area contributed by atoms with E-state index in [1.165, 1.54) is 0 Å². The van der Waals surface area contributed by atoms with Crippen molar-refractivity contribution in [2.24, 2.45) is 11.8 Å². The van der Waals surface area contributed by atoms with Gasteiger partial charge >= 0.3 is 0 Å². The molecule has 0 spiro atoms. The van der Waals surface area contributed by atoms with Crippen LogP contribution in [-0.4, -0.2) is 122 Å². The molecule has 0 saturated carbocycles. The summed E-state index contributed by atoms with van der Waals surface area (Å²) in [6, 6.07) is 22.5. The number of aromatic amines is 2. The summed E-state index contributed by atoms with van der Waals surface area (Å²) in [5, 5.41) is 13.6. The molecule has 2 aromatic heterocycles. The van der Waals surface area contributed by atoms with Gasteiger partial charge in [-0.2, -0.15) is 10.2 Å². The van der Waals surface area contributed by atoms with Gasteiger partial charge in [0, 0.05) is 92.9 Å². The highest BCUT2D eigenvalue weighted by atomic mass is 16.5. The second-order valence-electron chi connectivity index (χ2n) is 17.2. The van der Waals surface area contributed by atoms with Gasteiger partial charge in [0.15, 0.2) is 0 Å². The summed E-state index contributed by atoms with van der Waals surface area (Å²) < 4.78 is 27.9. The number of benzene rings is 4.